The molecule has 2 aromatic carbocycles. The number of fused-ring (bicyclic) bond motifs is 3. The highest BCUT2D eigenvalue weighted by Gasteiger charge is 2.11. The maximum atomic E-state index is 5.78. The second kappa shape index (κ2) is 4.10. The molecular weight excluding hydrogens is 246 g/mol. The molecule has 0 radical (unpaired) electrons. The second-order valence-corrected chi connectivity index (χ2v) is 4.82. The third-order valence-electron chi connectivity index (χ3n) is 3.58. The Balaban J connectivity index is 2.17. The van der Waals surface area contributed by atoms with Crippen molar-refractivity contribution in [1.82, 2.24) is 9.55 Å². The van der Waals surface area contributed by atoms with Gasteiger partial charge in [0.2, 0.25) is 0 Å². The molecule has 0 atom stereocenters. The van der Waals surface area contributed by atoms with Gasteiger partial charge in [-0.15, -0.1) is 0 Å². The maximum absolute atomic E-state index is 5.78. The van der Waals surface area contributed by atoms with Gasteiger partial charge in [0, 0.05) is 28.3 Å². The van der Waals surface area contributed by atoms with Crippen molar-refractivity contribution in [2.45, 2.75) is 0 Å². The van der Waals surface area contributed by atoms with E-state index < -0.39 is 0 Å². The molecule has 2 N–H and O–H groups in total. The van der Waals surface area contributed by atoms with E-state index in [-0.39, 0.29) is 0 Å². The predicted octanol–water partition coefficient (Wildman–Crippen LogP) is 3.76. The number of nitrogens with two attached hydrogens (primary N) is 1. The molecular formula is C17H13N3. The molecule has 0 spiro atoms. The Bertz CT molecular complexity index is 851. The second-order valence-electron chi connectivity index (χ2n) is 4.82. The van der Waals surface area contributed by atoms with Crippen molar-refractivity contribution >= 4 is 27.6 Å². The van der Waals surface area contributed by atoms with Crippen molar-refractivity contribution in [3.63, 3.8) is 0 Å². The molecule has 0 saturated heterocycles. The van der Waals surface area contributed by atoms with E-state index in [1.54, 1.807) is 0 Å². The SMILES string of the molecule is Nc1ccc(-n2c3ccccc3c3cccnc32)cc1. The molecule has 96 valence electrons. The largest absolute Gasteiger partial charge is 0.399 e. The molecule has 4 aromatic rings. The smallest absolute Gasteiger partial charge is 0.145 e. The van der Waals surface area contributed by atoms with Gasteiger partial charge in [0.1, 0.15) is 5.65 Å². The zero-order chi connectivity index (χ0) is 13.5. The van der Waals surface area contributed by atoms with E-state index in [1.807, 2.05) is 36.5 Å². The van der Waals surface area contributed by atoms with Crippen LogP contribution in [0.2, 0.25) is 0 Å². The summed E-state index contributed by atoms with van der Waals surface area (Å²) in [5, 5.41) is 2.38. The van der Waals surface area contributed by atoms with Crippen LogP contribution in [0.25, 0.3) is 27.6 Å². The van der Waals surface area contributed by atoms with Gasteiger partial charge in [0.05, 0.1) is 5.52 Å². The van der Waals surface area contributed by atoms with E-state index in [1.165, 1.54) is 10.8 Å². The molecule has 20 heavy (non-hydrogen) atoms. The number of aromatic nitrogens is 2. The van der Waals surface area contributed by atoms with Gasteiger partial charge in [0.15, 0.2) is 0 Å². The molecule has 3 heteroatoms. The minimum atomic E-state index is 0.766. The minimum Gasteiger partial charge on any atom is -0.399 e. The quantitative estimate of drug-likeness (QED) is 0.529. The number of para-hydroxylation sites is 1. The fraction of sp³-hybridized carbons (Fsp3) is 0. The molecule has 0 unspecified atom stereocenters. The van der Waals surface area contributed by atoms with Crippen molar-refractivity contribution in [3.05, 3.63) is 66.9 Å². The van der Waals surface area contributed by atoms with Gasteiger partial charge >= 0.3 is 0 Å². The first-order valence-electron chi connectivity index (χ1n) is 6.55. The first-order valence-corrected chi connectivity index (χ1v) is 6.55. The summed E-state index contributed by atoms with van der Waals surface area (Å²) in [6.45, 7) is 0. The van der Waals surface area contributed by atoms with Crippen molar-refractivity contribution < 1.29 is 0 Å². The normalized spacial score (nSPS) is 11.2. The Morgan fingerprint density at radius 2 is 1.55 bits per heavy atom. The summed E-state index contributed by atoms with van der Waals surface area (Å²) < 4.78 is 2.17. The van der Waals surface area contributed by atoms with Crippen LogP contribution in [0.1, 0.15) is 0 Å². The molecule has 0 aliphatic rings. The molecule has 0 aliphatic heterocycles. The number of anilines is 1. The Morgan fingerprint density at radius 1 is 0.800 bits per heavy atom. The average Bonchev–Trinajstić information content (AvgIpc) is 2.83. The van der Waals surface area contributed by atoms with E-state index in [4.69, 9.17) is 5.73 Å². The van der Waals surface area contributed by atoms with Gasteiger partial charge in [-0.3, -0.25) is 4.57 Å². The first-order chi connectivity index (χ1) is 9.84. The maximum Gasteiger partial charge on any atom is 0.145 e. The van der Waals surface area contributed by atoms with Crippen molar-refractivity contribution in [2.75, 3.05) is 5.73 Å². The topological polar surface area (TPSA) is 43.8 Å². The summed E-state index contributed by atoms with van der Waals surface area (Å²) in [6.07, 6.45) is 1.83. The Kier molecular flexibility index (Phi) is 2.27. The Hall–Kier alpha value is -2.81. The molecule has 3 nitrogen and oxygen atoms in total. The van der Waals surface area contributed by atoms with Crippen LogP contribution < -0.4 is 5.73 Å². The lowest BCUT2D eigenvalue weighted by atomic mass is 10.2. The van der Waals surface area contributed by atoms with Gasteiger partial charge in [-0.05, 0) is 42.5 Å². The van der Waals surface area contributed by atoms with Gasteiger partial charge in [-0.2, -0.15) is 0 Å². The fourth-order valence-corrected chi connectivity index (χ4v) is 2.68. The number of rotatable bonds is 1. The highest BCUT2D eigenvalue weighted by atomic mass is 15.0. The number of nitrogen functional groups attached to an aromatic ring is 1. The number of pyridine rings is 1. The van der Waals surface area contributed by atoms with E-state index in [2.05, 4.69) is 39.9 Å². The molecule has 0 bridgehead atoms. The summed E-state index contributed by atoms with van der Waals surface area (Å²) in [5.74, 6) is 0. The molecule has 2 aromatic heterocycles. The summed E-state index contributed by atoms with van der Waals surface area (Å²) in [5.41, 5.74) is 9.75. The lowest BCUT2D eigenvalue weighted by Crippen LogP contribution is -1.95. The standard InChI is InChI=1S/C17H13N3/c18-12-7-9-13(10-8-12)20-16-6-2-1-4-14(16)15-5-3-11-19-17(15)20/h1-11H,18H2. The van der Waals surface area contributed by atoms with Crippen LogP contribution in [-0.4, -0.2) is 9.55 Å². The van der Waals surface area contributed by atoms with Gasteiger partial charge in [-0.25, -0.2) is 4.98 Å². The highest BCUT2D eigenvalue weighted by Crippen LogP contribution is 2.30. The number of hydrogen-bond donors (Lipinski definition) is 1. The van der Waals surface area contributed by atoms with Gasteiger partial charge < -0.3 is 5.73 Å². The monoisotopic (exact) mass is 259 g/mol. The van der Waals surface area contributed by atoms with Crippen LogP contribution in [0.5, 0.6) is 0 Å². The third-order valence-corrected chi connectivity index (χ3v) is 3.58. The van der Waals surface area contributed by atoms with E-state index in [0.29, 0.717) is 0 Å². The molecule has 0 aliphatic carbocycles. The fourth-order valence-electron chi connectivity index (χ4n) is 2.68. The highest BCUT2D eigenvalue weighted by molar-refractivity contribution is 6.07. The average molecular weight is 259 g/mol. The third kappa shape index (κ3) is 1.50. The zero-order valence-corrected chi connectivity index (χ0v) is 10.8. The number of hydrogen-bond acceptors (Lipinski definition) is 2. The summed E-state index contributed by atoms with van der Waals surface area (Å²) in [7, 11) is 0. The van der Waals surface area contributed by atoms with Crippen LogP contribution in [-0.2, 0) is 0 Å². The Morgan fingerprint density at radius 3 is 2.40 bits per heavy atom. The zero-order valence-electron chi connectivity index (χ0n) is 10.8. The van der Waals surface area contributed by atoms with Crippen LogP contribution in [0, 0.1) is 0 Å². The first kappa shape index (κ1) is 11.1. The molecule has 2 heterocycles. The van der Waals surface area contributed by atoms with E-state index in [9.17, 15) is 0 Å². The van der Waals surface area contributed by atoms with Gasteiger partial charge in [-0.1, -0.05) is 18.2 Å². The van der Waals surface area contributed by atoms with E-state index >= 15 is 0 Å². The van der Waals surface area contributed by atoms with Gasteiger partial charge in [0.25, 0.3) is 0 Å². The molecule has 4 rings (SSSR count). The summed E-state index contributed by atoms with van der Waals surface area (Å²) in [4.78, 5) is 4.55. The molecule has 0 saturated carbocycles. The van der Waals surface area contributed by atoms with Crippen LogP contribution in [0.15, 0.2) is 66.9 Å². The van der Waals surface area contributed by atoms with E-state index in [0.717, 1.165) is 22.5 Å². The predicted molar refractivity (Wildman–Crippen MR) is 83.0 cm³/mol. The van der Waals surface area contributed by atoms with Crippen molar-refractivity contribution in [1.29, 1.82) is 0 Å². The molecule has 0 fully saturated rings. The van der Waals surface area contributed by atoms with Crippen molar-refractivity contribution in [2.24, 2.45) is 0 Å². The van der Waals surface area contributed by atoms with Crippen LogP contribution in [0.3, 0.4) is 0 Å². The lowest BCUT2D eigenvalue weighted by Gasteiger charge is -2.06. The minimum absolute atomic E-state index is 0.766. The number of benzene rings is 2. The summed E-state index contributed by atoms with van der Waals surface area (Å²) >= 11 is 0. The summed E-state index contributed by atoms with van der Waals surface area (Å²) in [6, 6.07) is 20.3. The van der Waals surface area contributed by atoms with Crippen molar-refractivity contribution in [3.8, 4) is 5.69 Å². The number of nitrogens with zero attached hydrogens (tertiary/aromatic N) is 2. The lowest BCUT2D eigenvalue weighted by molar-refractivity contribution is 1.14. The Labute approximate surface area is 116 Å². The van der Waals surface area contributed by atoms with Crippen LogP contribution in [0.4, 0.5) is 5.69 Å². The molecule has 0 amide bonds. The van der Waals surface area contributed by atoms with Crippen LogP contribution >= 0.6 is 0 Å².